The molecule has 0 aliphatic heterocycles. The minimum absolute atomic E-state index is 0.221. The van der Waals surface area contributed by atoms with Gasteiger partial charge in [0, 0.05) is 12.2 Å². The van der Waals surface area contributed by atoms with Gasteiger partial charge in [-0.2, -0.15) is 0 Å². The van der Waals surface area contributed by atoms with Crippen LogP contribution in [-0.4, -0.2) is 33.7 Å². The minimum atomic E-state index is -1.53. The molecule has 0 radical (unpaired) electrons. The number of benzene rings is 1. The highest BCUT2D eigenvalue weighted by molar-refractivity contribution is 6.07. The molecule has 5 N–H and O–H groups in total. The second-order valence-electron chi connectivity index (χ2n) is 5.71. The van der Waals surface area contributed by atoms with Gasteiger partial charge in [0.1, 0.15) is 16.9 Å². The number of carboxylic acids is 2. The van der Waals surface area contributed by atoms with Crippen molar-refractivity contribution in [2.45, 2.75) is 26.4 Å². The number of hydrogen-bond donors (Lipinski definition) is 4. The van der Waals surface area contributed by atoms with Crippen molar-refractivity contribution in [1.82, 2.24) is 4.98 Å². The molecular formula is C18H20N2O6. The molecule has 138 valence electrons. The van der Waals surface area contributed by atoms with Crippen molar-refractivity contribution in [3.8, 4) is 11.1 Å². The van der Waals surface area contributed by atoms with Crippen molar-refractivity contribution in [3.63, 3.8) is 0 Å². The van der Waals surface area contributed by atoms with E-state index in [9.17, 15) is 24.6 Å². The first-order chi connectivity index (χ1) is 12.4. The number of carboxylic acid groups (broad SMARTS) is 2. The molecule has 0 amide bonds. The molecule has 0 saturated heterocycles. The van der Waals surface area contributed by atoms with Crippen LogP contribution in [0, 0.1) is 0 Å². The van der Waals surface area contributed by atoms with Crippen LogP contribution in [0.1, 0.15) is 46.0 Å². The lowest BCUT2D eigenvalue weighted by atomic mass is 9.94. The molecule has 1 aromatic heterocycles. The topological polar surface area (TPSA) is 143 Å². The van der Waals surface area contributed by atoms with Gasteiger partial charge in [0.05, 0.1) is 6.61 Å². The van der Waals surface area contributed by atoms with Gasteiger partial charge in [-0.05, 0) is 23.6 Å². The molecule has 0 spiro atoms. The number of rotatable bonds is 8. The standard InChI is InChI=1S/C18H20N2O6/c1-2-3-7-26-9-10-5-4-6-11(8-10)12-13(17(22)23)15(19)20-16(21)14(12)18(24)25/h4-6,8H,2-3,7,9H2,1H3,(H,22,23)(H,24,25)(H3,19,20,21). The Kier molecular flexibility index (Phi) is 6.13. The fourth-order valence-corrected chi connectivity index (χ4v) is 2.59. The Morgan fingerprint density at radius 2 is 1.88 bits per heavy atom. The average molecular weight is 360 g/mol. The van der Waals surface area contributed by atoms with Gasteiger partial charge in [-0.3, -0.25) is 4.79 Å². The quantitative estimate of drug-likeness (QED) is 0.529. The van der Waals surface area contributed by atoms with E-state index in [1.807, 2.05) is 6.92 Å². The molecule has 0 unspecified atom stereocenters. The summed E-state index contributed by atoms with van der Waals surface area (Å²) in [5, 5.41) is 18.9. The van der Waals surface area contributed by atoms with E-state index in [2.05, 4.69) is 4.98 Å². The molecule has 1 aromatic carbocycles. The molecule has 0 bridgehead atoms. The fourth-order valence-electron chi connectivity index (χ4n) is 2.59. The van der Waals surface area contributed by atoms with Crippen LogP contribution >= 0.6 is 0 Å². The van der Waals surface area contributed by atoms with E-state index < -0.39 is 34.4 Å². The van der Waals surface area contributed by atoms with Crippen LogP contribution < -0.4 is 11.3 Å². The number of nitrogens with two attached hydrogens (primary N) is 1. The number of aromatic carboxylic acids is 2. The number of carbonyl (C=O) groups is 2. The first-order valence-corrected chi connectivity index (χ1v) is 8.06. The summed E-state index contributed by atoms with van der Waals surface area (Å²) >= 11 is 0. The third-order valence-corrected chi connectivity index (χ3v) is 3.80. The summed E-state index contributed by atoms with van der Waals surface area (Å²) in [5.74, 6) is -3.36. The number of H-pyrrole nitrogens is 1. The number of pyridine rings is 1. The molecule has 0 aliphatic carbocycles. The monoisotopic (exact) mass is 360 g/mol. The summed E-state index contributed by atoms with van der Waals surface area (Å²) in [6.45, 7) is 2.92. The Morgan fingerprint density at radius 1 is 1.19 bits per heavy atom. The van der Waals surface area contributed by atoms with Crippen LogP contribution in [0.25, 0.3) is 11.1 Å². The molecule has 2 rings (SSSR count). The zero-order valence-corrected chi connectivity index (χ0v) is 14.2. The fraction of sp³-hybridized carbons (Fsp3) is 0.278. The van der Waals surface area contributed by atoms with Crippen molar-refractivity contribution in [3.05, 3.63) is 51.3 Å². The third-order valence-electron chi connectivity index (χ3n) is 3.80. The van der Waals surface area contributed by atoms with Gasteiger partial charge in [-0.15, -0.1) is 0 Å². The molecule has 1 heterocycles. The lowest BCUT2D eigenvalue weighted by Crippen LogP contribution is -2.24. The van der Waals surface area contributed by atoms with Crippen molar-refractivity contribution in [2.75, 3.05) is 12.3 Å². The number of hydrogen-bond acceptors (Lipinski definition) is 5. The Bertz CT molecular complexity index is 888. The maximum Gasteiger partial charge on any atom is 0.342 e. The first-order valence-electron chi connectivity index (χ1n) is 8.06. The van der Waals surface area contributed by atoms with Gasteiger partial charge in [0.25, 0.3) is 5.56 Å². The number of nitrogens with one attached hydrogen (secondary N) is 1. The van der Waals surface area contributed by atoms with Crippen LogP contribution in [-0.2, 0) is 11.3 Å². The predicted octanol–water partition coefficient (Wildman–Crippen LogP) is 2.34. The lowest BCUT2D eigenvalue weighted by Gasteiger charge is -2.13. The minimum Gasteiger partial charge on any atom is -0.478 e. The molecular weight excluding hydrogens is 340 g/mol. The summed E-state index contributed by atoms with van der Waals surface area (Å²) in [7, 11) is 0. The lowest BCUT2D eigenvalue weighted by molar-refractivity contribution is 0.0695. The van der Waals surface area contributed by atoms with Crippen molar-refractivity contribution >= 4 is 17.8 Å². The number of aromatic nitrogens is 1. The summed E-state index contributed by atoms with van der Waals surface area (Å²) in [6.07, 6.45) is 1.91. The van der Waals surface area contributed by atoms with E-state index in [0.29, 0.717) is 6.61 Å². The van der Waals surface area contributed by atoms with Gasteiger partial charge in [-0.1, -0.05) is 31.5 Å². The smallest absolute Gasteiger partial charge is 0.342 e. The number of ether oxygens (including phenoxy) is 1. The summed E-state index contributed by atoms with van der Waals surface area (Å²) in [5.41, 5.74) is 4.33. The van der Waals surface area contributed by atoms with Crippen LogP contribution in [0.3, 0.4) is 0 Å². The van der Waals surface area contributed by atoms with Crippen LogP contribution in [0.4, 0.5) is 5.82 Å². The number of anilines is 1. The maximum atomic E-state index is 12.0. The number of nitrogen functional groups attached to an aromatic ring is 1. The Morgan fingerprint density at radius 3 is 2.50 bits per heavy atom. The molecule has 2 aromatic rings. The Hall–Kier alpha value is -3.13. The van der Waals surface area contributed by atoms with E-state index in [-0.39, 0.29) is 17.7 Å². The Balaban J connectivity index is 2.58. The molecule has 0 aliphatic rings. The molecule has 0 saturated carbocycles. The summed E-state index contributed by atoms with van der Waals surface area (Å²) in [4.78, 5) is 37.3. The molecule has 26 heavy (non-hydrogen) atoms. The maximum absolute atomic E-state index is 12.0. The van der Waals surface area contributed by atoms with E-state index in [4.69, 9.17) is 10.5 Å². The van der Waals surface area contributed by atoms with Crippen LogP contribution in [0.5, 0.6) is 0 Å². The van der Waals surface area contributed by atoms with E-state index in [0.717, 1.165) is 18.4 Å². The second-order valence-corrected chi connectivity index (χ2v) is 5.71. The molecule has 0 atom stereocenters. The summed E-state index contributed by atoms with van der Waals surface area (Å²) < 4.78 is 5.53. The third kappa shape index (κ3) is 4.09. The van der Waals surface area contributed by atoms with Crippen molar-refractivity contribution in [1.29, 1.82) is 0 Å². The van der Waals surface area contributed by atoms with E-state index >= 15 is 0 Å². The zero-order valence-electron chi connectivity index (χ0n) is 14.2. The van der Waals surface area contributed by atoms with Crippen molar-refractivity contribution < 1.29 is 24.5 Å². The first kappa shape index (κ1) is 19.2. The molecule has 8 heteroatoms. The second kappa shape index (κ2) is 8.30. The van der Waals surface area contributed by atoms with Crippen LogP contribution in [0.2, 0.25) is 0 Å². The highest BCUT2D eigenvalue weighted by Crippen LogP contribution is 2.29. The molecule has 0 fully saturated rings. The molecule has 8 nitrogen and oxygen atoms in total. The largest absolute Gasteiger partial charge is 0.478 e. The predicted molar refractivity (Wildman–Crippen MR) is 95.4 cm³/mol. The number of unbranched alkanes of at least 4 members (excludes halogenated alkanes) is 1. The van der Waals surface area contributed by atoms with Gasteiger partial charge in [0.2, 0.25) is 0 Å². The van der Waals surface area contributed by atoms with Gasteiger partial charge in [-0.25, -0.2) is 9.59 Å². The summed E-state index contributed by atoms with van der Waals surface area (Å²) in [6, 6.07) is 6.54. The zero-order chi connectivity index (χ0) is 19.3. The SMILES string of the molecule is CCCCOCc1cccc(-c2c(C(=O)O)c(N)[nH]c(=O)c2C(=O)O)c1. The van der Waals surface area contributed by atoms with Gasteiger partial charge < -0.3 is 25.7 Å². The van der Waals surface area contributed by atoms with Gasteiger partial charge in [0.15, 0.2) is 0 Å². The normalized spacial score (nSPS) is 10.7. The number of aromatic amines is 1. The van der Waals surface area contributed by atoms with Crippen molar-refractivity contribution in [2.24, 2.45) is 0 Å². The van der Waals surface area contributed by atoms with Gasteiger partial charge >= 0.3 is 11.9 Å². The average Bonchev–Trinajstić information content (AvgIpc) is 2.57. The highest BCUT2D eigenvalue weighted by atomic mass is 16.5. The Labute approximate surface area is 149 Å². The van der Waals surface area contributed by atoms with Crippen LogP contribution in [0.15, 0.2) is 29.1 Å². The van der Waals surface area contributed by atoms with E-state index in [1.165, 1.54) is 6.07 Å². The highest BCUT2D eigenvalue weighted by Gasteiger charge is 2.26. The van der Waals surface area contributed by atoms with E-state index in [1.54, 1.807) is 18.2 Å².